The topological polar surface area (TPSA) is 12.4 Å². The molecule has 0 fully saturated rings. The first kappa shape index (κ1) is 10.7. The van der Waals surface area contributed by atoms with Crippen LogP contribution in [0.25, 0.3) is 0 Å². The molecular formula is C13H17NS. The van der Waals surface area contributed by atoms with Gasteiger partial charge in [0.2, 0.25) is 0 Å². The second-order valence-electron chi connectivity index (χ2n) is 3.99. The maximum Gasteiger partial charge on any atom is 0.0681 e. The number of thioether (sulfide) groups is 1. The highest BCUT2D eigenvalue weighted by atomic mass is 32.2. The standard InChI is InChI=1S/C13H17NS/c1-11(12-6-3-2-4-7-12)10-13-14-8-5-9-15-13/h2-4,6-7,11H,5,8-10H2,1H3/t11-/m0/s1. The van der Waals surface area contributed by atoms with E-state index in [1.54, 1.807) is 0 Å². The predicted octanol–water partition coefficient (Wildman–Crippen LogP) is 3.72. The summed E-state index contributed by atoms with van der Waals surface area (Å²) in [5, 5.41) is 1.35. The van der Waals surface area contributed by atoms with Crippen molar-refractivity contribution in [3.63, 3.8) is 0 Å². The van der Waals surface area contributed by atoms with Gasteiger partial charge in [0.05, 0.1) is 5.04 Å². The van der Waals surface area contributed by atoms with Crippen molar-refractivity contribution in [1.29, 1.82) is 0 Å². The second kappa shape index (κ2) is 5.36. The Bertz CT molecular complexity index is 332. The van der Waals surface area contributed by atoms with E-state index in [0.29, 0.717) is 5.92 Å². The number of aliphatic imine (C=N–C) groups is 1. The van der Waals surface area contributed by atoms with Crippen LogP contribution in [0, 0.1) is 0 Å². The molecule has 0 spiro atoms. The summed E-state index contributed by atoms with van der Waals surface area (Å²) in [4.78, 5) is 4.57. The Balaban J connectivity index is 1.97. The molecule has 1 aromatic rings. The zero-order valence-corrected chi connectivity index (χ0v) is 9.96. The van der Waals surface area contributed by atoms with Gasteiger partial charge in [-0.05, 0) is 17.9 Å². The van der Waals surface area contributed by atoms with E-state index < -0.39 is 0 Å². The molecule has 0 unspecified atom stereocenters. The molecule has 1 aliphatic heterocycles. The summed E-state index contributed by atoms with van der Waals surface area (Å²) in [6, 6.07) is 10.7. The second-order valence-corrected chi connectivity index (χ2v) is 5.16. The van der Waals surface area contributed by atoms with Crippen LogP contribution in [0.15, 0.2) is 35.3 Å². The first-order valence-electron chi connectivity index (χ1n) is 5.57. The summed E-state index contributed by atoms with van der Waals surface area (Å²) in [7, 11) is 0. The zero-order chi connectivity index (χ0) is 10.5. The zero-order valence-electron chi connectivity index (χ0n) is 9.15. The molecule has 0 saturated carbocycles. The van der Waals surface area contributed by atoms with Crippen molar-refractivity contribution < 1.29 is 0 Å². The molecule has 0 bridgehead atoms. The molecule has 1 nitrogen and oxygen atoms in total. The van der Waals surface area contributed by atoms with Gasteiger partial charge < -0.3 is 0 Å². The summed E-state index contributed by atoms with van der Waals surface area (Å²) in [5.41, 5.74) is 1.42. The molecule has 0 aliphatic carbocycles. The van der Waals surface area contributed by atoms with Gasteiger partial charge in [-0.25, -0.2) is 0 Å². The Morgan fingerprint density at radius 2 is 2.13 bits per heavy atom. The molecule has 0 N–H and O–H groups in total. The van der Waals surface area contributed by atoms with Gasteiger partial charge in [-0.3, -0.25) is 4.99 Å². The van der Waals surface area contributed by atoms with Crippen molar-refractivity contribution in [3.05, 3.63) is 35.9 Å². The number of hydrogen-bond acceptors (Lipinski definition) is 2. The number of nitrogens with zero attached hydrogens (tertiary/aromatic N) is 1. The Morgan fingerprint density at radius 1 is 1.33 bits per heavy atom. The van der Waals surface area contributed by atoms with Gasteiger partial charge in [-0.2, -0.15) is 0 Å². The number of benzene rings is 1. The Kier molecular flexibility index (Phi) is 3.84. The highest BCUT2D eigenvalue weighted by Crippen LogP contribution is 2.24. The molecule has 0 amide bonds. The van der Waals surface area contributed by atoms with Gasteiger partial charge in [-0.15, -0.1) is 11.8 Å². The monoisotopic (exact) mass is 219 g/mol. The molecule has 1 aromatic carbocycles. The van der Waals surface area contributed by atoms with Gasteiger partial charge in [0.1, 0.15) is 0 Å². The Morgan fingerprint density at radius 3 is 2.80 bits per heavy atom. The normalized spacial score (nSPS) is 18.3. The van der Waals surface area contributed by atoms with Crippen LogP contribution in [0.4, 0.5) is 0 Å². The average Bonchev–Trinajstić information content (AvgIpc) is 2.31. The minimum absolute atomic E-state index is 0.593. The Labute approximate surface area is 96.0 Å². The molecule has 15 heavy (non-hydrogen) atoms. The maximum absolute atomic E-state index is 4.57. The number of hydrogen-bond donors (Lipinski definition) is 0. The summed E-state index contributed by atoms with van der Waals surface area (Å²) < 4.78 is 0. The fraction of sp³-hybridized carbons (Fsp3) is 0.462. The van der Waals surface area contributed by atoms with Gasteiger partial charge in [0, 0.05) is 18.7 Å². The van der Waals surface area contributed by atoms with Crippen LogP contribution in [-0.2, 0) is 0 Å². The van der Waals surface area contributed by atoms with Crippen molar-refractivity contribution in [1.82, 2.24) is 0 Å². The van der Waals surface area contributed by atoms with E-state index in [1.165, 1.54) is 22.8 Å². The SMILES string of the molecule is C[C@@H](CC1=NCCCS1)c1ccccc1. The smallest absolute Gasteiger partial charge is 0.0681 e. The van der Waals surface area contributed by atoms with E-state index in [-0.39, 0.29) is 0 Å². The lowest BCUT2D eigenvalue weighted by Crippen LogP contribution is -2.07. The van der Waals surface area contributed by atoms with Crippen LogP contribution in [0.1, 0.15) is 31.2 Å². The molecule has 1 heterocycles. The third kappa shape index (κ3) is 3.10. The largest absolute Gasteiger partial charge is 0.283 e. The molecule has 0 saturated heterocycles. The molecule has 1 aliphatic rings. The van der Waals surface area contributed by atoms with Crippen LogP contribution in [-0.4, -0.2) is 17.3 Å². The molecule has 80 valence electrons. The molecule has 1 atom stereocenters. The van der Waals surface area contributed by atoms with E-state index in [1.807, 2.05) is 11.8 Å². The quantitative estimate of drug-likeness (QED) is 0.755. The first-order valence-corrected chi connectivity index (χ1v) is 6.56. The van der Waals surface area contributed by atoms with Crippen molar-refractivity contribution in [2.24, 2.45) is 4.99 Å². The summed E-state index contributed by atoms with van der Waals surface area (Å²) >= 11 is 1.94. The summed E-state index contributed by atoms with van der Waals surface area (Å²) in [5.74, 6) is 1.84. The van der Waals surface area contributed by atoms with E-state index in [0.717, 1.165) is 13.0 Å². The van der Waals surface area contributed by atoms with Crippen molar-refractivity contribution in [3.8, 4) is 0 Å². The van der Waals surface area contributed by atoms with Gasteiger partial charge in [-0.1, -0.05) is 37.3 Å². The minimum Gasteiger partial charge on any atom is -0.283 e. The highest BCUT2D eigenvalue weighted by Gasteiger charge is 2.11. The molecule has 2 rings (SSSR count). The molecular weight excluding hydrogens is 202 g/mol. The first-order chi connectivity index (χ1) is 7.36. The van der Waals surface area contributed by atoms with Crippen LogP contribution >= 0.6 is 11.8 Å². The number of rotatable bonds is 3. The molecule has 2 heteroatoms. The van der Waals surface area contributed by atoms with Crippen LogP contribution in [0.3, 0.4) is 0 Å². The van der Waals surface area contributed by atoms with Crippen molar-refractivity contribution in [2.45, 2.75) is 25.7 Å². The highest BCUT2D eigenvalue weighted by molar-refractivity contribution is 8.14. The maximum atomic E-state index is 4.57. The van der Waals surface area contributed by atoms with E-state index in [9.17, 15) is 0 Å². The van der Waals surface area contributed by atoms with E-state index in [2.05, 4.69) is 42.2 Å². The van der Waals surface area contributed by atoms with Crippen LogP contribution in [0.5, 0.6) is 0 Å². The van der Waals surface area contributed by atoms with Crippen LogP contribution < -0.4 is 0 Å². The third-order valence-electron chi connectivity index (χ3n) is 2.71. The average molecular weight is 219 g/mol. The predicted molar refractivity (Wildman–Crippen MR) is 68.9 cm³/mol. The summed E-state index contributed by atoms with van der Waals surface area (Å²) in [6.45, 7) is 3.32. The van der Waals surface area contributed by atoms with E-state index in [4.69, 9.17) is 0 Å². The van der Waals surface area contributed by atoms with Crippen molar-refractivity contribution >= 4 is 16.8 Å². The fourth-order valence-corrected chi connectivity index (χ4v) is 2.85. The molecule has 0 radical (unpaired) electrons. The molecule has 0 aromatic heterocycles. The lowest BCUT2D eigenvalue weighted by molar-refractivity contribution is 0.801. The Hall–Kier alpha value is -0.760. The van der Waals surface area contributed by atoms with Crippen molar-refractivity contribution in [2.75, 3.05) is 12.3 Å². The van der Waals surface area contributed by atoms with Crippen LogP contribution in [0.2, 0.25) is 0 Å². The minimum atomic E-state index is 0.593. The fourth-order valence-electron chi connectivity index (χ4n) is 1.79. The lowest BCUT2D eigenvalue weighted by atomic mass is 9.98. The summed E-state index contributed by atoms with van der Waals surface area (Å²) in [6.07, 6.45) is 2.35. The lowest BCUT2D eigenvalue weighted by Gasteiger charge is -2.16. The van der Waals surface area contributed by atoms with Gasteiger partial charge >= 0.3 is 0 Å². The van der Waals surface area contributed by atoms with Gasteiger partial charge in [0.25, 0.3) is 0 Å². The third-order valence-corrected chi connectivity index (χ3v) is 3.83. The van der Waals surface area contributed by atoms with Gasteiger partial charge in [0.15, 0.2) is 0 Å². The van der Waals surface area contributed by atoms with E-state index >= 15 is 0 Å².